The monoisotopic (exact) mass is 500 g/mol. The molecule has 0 unspecified atom stereocenters. The third-order valence-electron chi connectivity index (χ3n) is 5.16. The van der Waals surface area contributed by atoms with Gasteiger partial charge < -0.3 is 5.11 Å². The highest BCUT2D eigenvalue weighted by atomic mass is 19.1. The lowest BCUT2D eigenvalue weighted by Crippen LogP contribution is -2.25. The Hall–Kier alpha value is -3.24. The maximum atomic E-state index is 14.0. The highest BCUT2D eigenvalue weighted by Gasteiger charge is 2.16. The quantitative estimate of drug-likeness (QED) is 0.281. The van der Waals surface area contributed by atoms with Crippen LogP contribution in [0, 0.1) is 31.3 Å². The summed E-state index contributed by atoms with van der Waals surface area (Å²) >= 11 is 0. The van der Waals surface area contributed by atoms with Gasteiger partial charge in [0.15, 0.2) is 0 Å². The lowest BCUT2D eigenvalue weighted by Gasteiger charge is -2.20. The van der Waals surface area contributed by atoms with E-state index in [1.54, 1.807) is 86.6 Å². The summed E-state index contributed by atoms with van der Waals surface area (Å²) in [6.45, 7) is 11.4. The van der Waals surface area contributed by atoms with Crippen LogP contribution >= 0.6 is 0 Å². The molecule has 1 nitrogen and oxygen atoms in total. The van der Waals surface area contributed by atoms with Crippen molar-refractivity contribution in [3.05, 3.63) is 119 Å². The first-order chi connectivity index (χ1) is 17.6. The average molecular weight is 500 g/mol. The Balaban J connectivity index is 0.000000330. The van der Waals surface area contributed by atoms with Crippen LogP contribution in [-0.2, 0) is 5.40 Å². The molecule has 0 saturated carbocycles. The van der Waals surface area contributed by atoms with Gasteiger partial charge in [0, 0.05) is 16.5 Å². The molecule has 0 spiro atoms. The minimum atomic E-state index is -1.92. The smallest absolute Gasteiger partial charge is 0.133 e. The van der Waals surface area contributed by atoms with Crippen LogP contribution < -0.4 is 0 Å². The van der Waals surface area contributed by atoms with Crippen LogP contribution in [0.3, 0.4) is 0 Å². The summed E-state index contributed by atoms with van der Waals surface area (Å²) < 4.78 is 40.6. The molecule has 0 aliphatic rings. The fourth-order valence-corrected chi connectivity index (χ4v) is 3.33. The van der Waals surface area contributed by atoms with Gasteiger partial charge in [-0.3, -0.25) is 0 Å². The molecule has 0 fully saturated rings. The Morgan fingerprint density at radius 3 is 1.43 bits per heavy atom. The lowest BCUT2D eigenvalue weighted by atomic mass is 9.61. The molecule has 190 valence electrons. The summed E-state index contributed by atoms with van der Waals surface area (Å²) in [4.78, 5) is 0. The molecule has 0 heterocycles. The normalized spacial score (nSPS) is 10.1. The zero-order valence-corrected chi connectivity index (χ0v) is 22.3. The molecule has 4 radical (unpaired) electrons. The third kappa shape index (κ3) is 8.98. The van der Waals surface area contributed by atoms with Gasteiger partial charge in [0.2, 0.25) is 0 Å². The zero-order valence-electron chi connectivity index (χ0n) is 22.3. The minimum absolute atomic E-state index is 0.285. The van der Waals surface area contributed by atoms with E-state index in [9.17, 15) is 18.3 Å². The first-order valence-electron chi connectivity index (χ1n) is 12.2. The van der Waals surface area contributed by atoms with Gasteiger partial charge in [0.1, 0.15) is 33.1 Å². The van der Waals surface area contributed by atoms with E-state index in [0.717, 1.165) is 0 Å². The van der Waals surface area contributed by atoms with Gasteiger partial charge in [-0.2, -0.15) is 0 Å². The highest BCUT2D eigenvalue weighted by molar-refractivity contribution is 6.38. The number of rotatable bonds is 3. The van der Waals surface area contributed by atoms with Crippen LogP contribution in [0.15, 0.2) is 84.9 Å². The molecule has 37 heavy (non-hydrogen) atoms. The van der Waals surface area contributed by atoms with Gasteiger partial charge in [0.05, 0.1) is 0 Å². The zero-order chi connectivity index (χ0) is 28.2. The predicted octanol–water partition coefficient (Wildman–Crippen LogP) is 8.23. The van der Waals surface area contributed by atoms with Crippen molar-refractivity contribution in [2.45, 2.75) is 46.9 Å². The second-order valence-electron chi connectivity index (χ2n) is 7.79. The predicted molar refractivity (Wildman–Crippen MR) is 151 cm³/mol. The van der Waals surface area contributed by atoms with Crippen molar-refractivity contribution >= 4 is 15.7 Å². The summed E-state index contributed by atoms with van der Waals surface area (Å²) in [5, 5.41) is 7.63. The maximum absolute atomic E-state index is 14.0. The van der Waals surface area contributed by atoms with Gasteiger partial charge >= 0.3 is 0 Å². The first kappa shape index (κ1) is 31.8. The van der Waals surface area contributed by atoms with E-state index in [4.69, 9.17) is 15.7 Å². The van der Waals surface area contributed by atoms with Crippen LogP contribution in [0.4, 0.5) is 13.2 Å². The van der Waals surface area contributed by atoms with E-state index in [2.05, 4.69) is 0 Å². The molecule has 0 aliphatic carbocycles. The van der Waals surface area contributed by atoms with E-state index in [-0.39, 0.29) is 17.5 Å². The van der Waals surface area contributed by atoms with E-state index < -0.39 is 5.40 Å². The standard InChI is InChI=1S/C14H11B2FO.C13H10F2.2C2H6/c1-9-4-2-7-12(13(9)17)10-5-3-6-11(8-10)14(15,16)18;1-9-4-2-7-12(13(9)15)10-5-3-6-11(14)8-10;2*1-2/h2-8,18H,1H3;2-8H,1H3;2*1-2H3. The number of aliphatic hydroxyl groups is 1. The van der Waals surface area contributed by atoms with Gasteiger partial charge in [-0.25, -0.2) is 13.2 Å². The summed E-state index contributed by atoms with van der Waals surface area (Å²) in [5.41, 5.74) is 3.56. The summed E-state index contributed by atoms with van der Waals surface area (Å²) in [6, 6.07) is 22.8. The van der Waals surface area contributed by atoms with Crippen molar-refractivity contribution in [1.29, 1.82) is 0 Å². The Morgan fingerprint density at radius 1 is 0.595 bits per heavy atom. The van der Waals surface area contributed by atoms with Gasteiger partial charge in [-0.15, -0.1) is 0 Å². The molecular formula is C31H33B2F3O. The Morgan fingerprint density at radius 2 is 1.00 bits per heavy atom. The van der Waals surface area contributed by atoms with Crippen molar-refractivity contribution in [1.82, 2.24) is 0 Å². The number of hydrogen-bond acceptors (Lipinski definition) is 1. The minimum Gasteiger partial charge on any atom is -0.405 e. The van der Waals surface area contributed by atoms with E-state index in [0.29, 0.717) is 38.9 Å². The Bertz CT molecular complexity index is 1270. The molecule has 4 rings (SSSR count). The molecule has 4 aromatic rings. The molecule has 4 aromatic carbocycles. The molecule has 6 heteroatoms. The molecule has 0 aromatic heterocycles. The van der Waals surface area contributed by atoms with Crippen molar-refractivity contribution in [2.24, 2.45) is 0 Å². The van der Waals surface area contributed by atoms with E-state index >= 15 is 0 Å². The largest absolute Gasteiger partial charge is 0.405 e. The molecule has 0 saturated heterocycles. The molecule has 0 aliphatic heterocycles. The summed E-state index contributed by atoms with van der Waals surface area (Å²) in [7, 11) is 10.8. The Kier molecular flexibility index (Phi) is 13.0. The van der Waals surface area contributed by atoms with Crippen LogP contribution in [0.5, 0.6) is 0 Å². The maximum Gasteiger partial charge on any atom is 0.133 e. The average Bonchev–Trinajstić information content (AvgIpc) is 2.90. The van der Waals surface area contributed by atoms with Crippen LogP contribution in [0.2, 0.25) is 0 Å². The van der Waals surface area contributed by atoms with E-state index in [1.807, 2.05) is 27.7 Å². The van der Waals surface area contributed by atoms with Crippen LogP contribution in [0.1, 0.15) is 44.4 Å². The number of hydrogen-bond donors (Lipinski definition) is 1. The summed E-state index contributed by atoms with van der Waals surface area (Å²) in [5.74, 6) is -0.927. The SMILES string of the molecule is CC.CC.Cc1cccc(-c2cccc(F)c2)c1F.[B]C([B])(O)c1cccc(-c2cccc(C)c2F)c1. The lowest BCUT2D eigenvalue weighted by molar-refractivity contribution is 0.217. The third-order valence-corrected chi connectivity index (χ3v) is 5.16. The molecule has 1 N–H and O–H groups in total. The molecular weight excluding hydrogens is 467 g/mol. The first-order valence-corrected chi connectivity index (χ1v) is 12.2. The van der Waals surface area contributed by atoms with Crippen molar-refractivity contribution in [2.75, 3.05) is 0 Å². The number of halogens is 3. The van der Waals surface area contributed by atoms with Crippen molar-refractivity contribution < 1.29 is 18.3 Å². The van der Waals surface area contributed by atoms with Gasteiger partial charge in [-0.1, -0.05) is 94.4 Å². The van der Waals surface area contributed by atoms with Gasteiger partial charge in [0.25, 0.3) is 0 Å². The second-order valence-corrected chi connectivity index (χ2v) is 7.79. The molecule has 0 atom stereocenters. The summed E-state index contributed by atoms with van der Waals surface area (Å²) in [6.07, 6.45) is 0. The van der Waals surface area contributed by atoms with Crippen molar-refractivity contribution in [3.63, 3.8) is 0 Å². The topological polar surface area (TPSA) is 20.2 Å². The van der Waals surface area contributed by atoms with Crippen LogP contribution in [-0.4, -0.2) is 20.8 Å². The van der Waals surface area contributed by atoms with Gasteiger partial charge in [-0.05, 0) is 59.9 Å². The molecule has 0 bridgehead atoms. The van der Waals surface area contributed by atoms with E-state index in [1.165, 1.54) is 12.1 Å². The number of benzene rings is 4. The van der Waals surface area contributed by atoms with Crippen LogP contribution in [0.25, 0.3) is 22.3 Å². The highest BCUT2D eigenvalue weighted by Crippen LogP contribution is 2.27. The fourth-order valence-electron chi connectivity index (χ4n) is 3.33. The second kappa shape index (κ2) is 15.1. The Labute approximate surface area is 222 Å². The number of aryl methyl sites for hydroxylation is 2. The van der Waals surface area contributed by atoms with Crippen molar-refractivity contribution in [3.8, 4) is 22.3 Å². The fraction of sp³-hybridized carbons (Fsp3) is 0.226. The molecule has 0 amide bonds.